The Morgan fingerprint density at radius 3 is 2.34 bits per heavy atom. The molecule has 0 unspecified atom stereocenters. The van der Waals surface area contributed by atoms with Gasteiger partial charge in [0, 0.05) is 37.2 Å². The Morgan fingerprint density at radius 1 is 0.943 bits per heavy atom. The van der Waals surface area contributed by atoms with E-state index in [4.69, 9.17) is 4.74 Å². The number of nitrogens with zero attached hydrogens (tertiary/aromatic N) is 4. The van der Waals surface area contributed by atoms with Gasteiger partial charge in [-0.05, 0) is 61.4 Å². The molecule has 10 heteroatoms. The van der Waals surface area contributed by atoms with Gasteiger partial charge in [0.25, 0.3) is 0 Å². The number of carbonyl (C=O) groups excluding carboxylic acids is 2. The molecule has 0 aliphatic carbocycles. The average Bonchev–Trinajstić information content (AvgIpc) is 3.20. The molecular formula is C25H30N6O3S. The molecule has 35 heavy (non-hydrogen) atoms. The molecule has 1 aromatic heterocycles. The van der Waals surface area contributed by atoms with Gasteiger partial charge in [0.15, 0.2) is 5.16 Å². The van der Waals surface area contributed by atoms with E-state index in [1.54, 1.807) is 11.6 Å². The minimum Gasteiger partial charge on any atom is -0.378 e. The molecule has 0 atom stereocenters. The molecule has 3 aromatic rings. The first-order chi connectivity index (χ1) is 16.9. The molecule has 0 radical (unpaired) electrons. The van der Waals surface area contributed by atoms with Crippen LogP contribution in [0.3, 0.4) is 0 Å². The van der Waals surface area contributed by atoms with Crippen LogP contribution in [0.5, 0.6) is 0 Å². The van der Waals surface area contributed by atoms with Gasteiger partial charge in [-0.3, -0.25) is 9.59 Å². The molecule has 1 fully saturated rings. The summed E-state index contributed by atoms with van der Waals surface area (Å²) < 4.78 is 7.13. The number of ether oxygens (including phenoxy) is 1. The predicted octanol–water partition coefficient (Wildman–Crippen LogP) is 3.18. The molecule has 1 aliphatic rings. The SMILES string of the molecule is Cc1ccc(NC(=O)Cc2nnc(SCC(=O)Nc3ccc(N4CCOCC4)cc3)n2C)cc1C. The fourth-order valence-electron chi connectivity index (χ4n) is 3.70. The van der Waals surface area contributed by atoms with E-state index in [1.807, 2.05) is 56.3 Å². The van der Waals surface area contributed by atoms with Crippen LogP contribution in [0.15, 0.2) is 47.6 Å². The van der Waals surface area contributed by atoms with E-state index in [0.29, 0.717) is 11.0 Å². The minimum atomic E-state index is -0.168. The smallest absolute Gasteiger partial charge is 0.234 e. The minimum absolute atomic E-state index is 0.0959. The molecule has 2 amide bonds. The van der Waals surface area contributed by atoms with Crippen LogP contribution in [0.1, 0.15) is 17.0 Å². The van der Waals surface area contributed by atoms with Gasteiger partial charge in [0.2, 0.25) is 11.8 Å². The lowest BCUT2D eigenvalue weighted by molar-refractivity contribution is -0.116. The van der Waals surface area contributed by atoms with E-state index in [9.17, 15) is 9.59 Å². The molecule has 0 bridgehead atoms. The third-order valence-electron chi connectivity index (χ3n) is 5.89. The number of rotatable bonds is 8. The van der Waals surface area contributed by atoms with E-state index in [0.717, 1.165) is 48.9 Å². The van der Waals surface area contributed by atoms with Crippen LogP contribution in [0.4, 0.5) is 17.1 Å². The highest BCUT2D eigenvalue weighted by Gasteiger charge is 2.15. The van der Waals surface area contributed by atoms with E-state index in [2.05, 4.69) is 25.7 Å². The van der Waals surface area contributed by atoms with Crippen LogP contribution >= 0.6 is 11.8 Å². The van der Waals surface area contributed by atoms with E-state index < -0.39 is 0 Å². The van der Waals surface area contributed by atoms with Crippen LogP contribution in [-0.4, -0.2) is 58.6 Å². The van der Waals surface area contributed by atoms with Crippen molar-refractivity contribution in [3.05, 3.63) is 59.4 Å². The van der Waals surface area contributed by atoms with Gasteiger partial charge in [-0.25, -0.2) is 0 Å². The lowest BCUT2D eigenvalue weighted by atomic mass is 10.1. The zero-order chi connectivity index (χ0) is 24.8. The number of morpholine rings is 1. The van der Waals surface area contributed by atoms with E-state index in [-0.39, 0.29) is 24.0 Å². The number of carbonyl (C=O) groups is 2. The first-order valence-corrected chi connectivity index (χ1v) is 12.5. The summed E-state index contributed by atoms with van der Waals surface area (Å²) in [7, 11) is 1.79. The predicted molar refractivity (Wildman–Crippen MR) is 138 cm³/mol. The van der Waals surface area contributed by atoms with Crippen LogP contribution in [0, 0.1) is 13.8 Å². The topological polar surface area (TPSA) is 101 Å². The maximum Gasteiger partial charge on any atom is 0.234 e. The Hall–Kier alpha value is -3.37. The highest BCUT2D eigenvalue weighted by molar-refractivity contribution is 7.99. The Kier molecular flexibility index (Phi) is 8.04. The number of benzene rings is 2. The number of nitrogens with one attached hydrogen (secondary N) is 2. The van der Waals surface area contributed by atoms with Gasteiger partial charge in [-0.1, -0.05) is 17.8 Å². The lowest BCUT2D eigenvalue weighted by Crippen LogP contribution is -2.36. The number of thioether (sulfide) groups is 1. The molecule has 0 saturated carbocycles. The van der Waals surface area contributed by atoms with Crippen molar-refractivity contribution in [1.82, 2.24) is 14.8 Å². The Morgan fingerprint density at radius 2 is 1.63 bits per heavy atom. The zero-order valence-corrected chi connectivity index (χ0v) is 21.0. The van der Waals surface area contributed by atoms with Crippen LogP contribution in [0.2, 0.25) is 0 Å². The van der Waals surface area contributed by atoms with Crippen molar-refractivity contribution in [2.45, 2.75) is 25.4 Å². The Balaban J connectivity index is 1.26. The molecule has 1 saturated heterocycles. The molecule has 1 aliphatic heterocycles. The van der Waals surface area contributed by atoms with Gasteiger partial charge in [-0.15, -0.1) is 10.2 Å². The quantitative estimate of drug-likeness (QED) is 0.464. The van der Waals surface area contributed by atoms with Crippen molar-refractivity contribution in [2.75, 3.05) is 47.6 Å². The monoisotopic (exact) mass is 494 g/mol. The number of anilines is 3. The fraction of sp³-hybridized carbons (Fsp3) is 0.360. The van der Waals surface area contributed by atoms with Crippen molar-refractivity contribution in [2.24, 2.45) is 7.05 Å². The standard InChI is InChI=1S/C25H30N6O3S/c1-17-4-5-20(14-18(17)2)27-23(32)15-22-28-29-25(30(22)3)35-16-24(33)26-19-6-8-21(9-7-19)31-10-12-34-13-11-31/h4-9,14H,10-13,15-16H2,1-3H3,(H,26,33)(H,27,32). The Bertz CT molecular complexity index is 1190. The summed E-state index contributed by atoms with van der Waals surface area (Å²) in [6, 6.07) is 13.6. The van der Waals surface area contributed by atoms with Gasteiger partial charge in [0.05, 0.1) is 25.4 Å². The van der Waals surface area contributed by atoms with Gasteiger partial charge in [-0.2, -0.15) is 0 Å². The molecular weight excluding hydrogens is 464 g/mol. The second-order valence-corrected chi connectivity index (χ2v) is 9.41. The summed E-state index contributed by atoms with van der Waals surface area (Å²) in [6.07, 6.45) is 0.0959. The summed E-state index contributed by atoms with van der Waals surface area (Å²) >= 11 is 1.28. The van der Waals surface area contributed by atoms with Crippen molar-refractivity contribution >= 4 is 40.6 Å². The van der Waals surface area contributed by atoms with Gasteiger partial charge in [0.1, 0.15) is 5.82 Å². The molecule has 184 valence electrons. The molecule has 2 aromatic carbocycles. The summed E-state index contributed by atoms with van der Waals surface area (Å²) in [5, 5.41) is 14.7. The number of hydrogen-bond donors (Lipinski definition) is 2. The highest BCUT2D eigenvalue weighted by Crippen LogP contribution is 2.21. The van der Waals surface area contributed by atoms with Crippen molar-refractivity contribution < 1.29 is 14.3 Å². The second-order valence-electron chi connectivity index (χ2n) is 8.46. The van der Waals surface area contributed by atoms with Crippen molar-refractivity contribution in [1.29, 1.82) is 0 Å². The number of aromatic nitrogens is 3. The number of hydrogen-bond acceptors (Lipinski definition) is 7. The third-order valence-corrected chi connectivity index (χ3v) is 6.91. The van der Waals surface area contributed by atoms with Crippen molar-refractivity contribution in [3.8, 4) is 0 Å². The summed E-state index contributed by atoms with van der Waals surface area (Å²) in [4.78, 5) is 27.2. The molecule has 9 nitrogen and oxygen atoms in total. The largest absolute Gasteiger partial charge is 0.378 e. The molecule has 2 N–H and O–H groups in total. The van der Waals surface area contributed by atoms with Gasteiger partial charge >= 0.3 is 0 Å². The van der Waals surface area contributed by atoms with E-state index in [1.165, 1.54) is 17.3 Å². The fourth-order valence-corrected chi connectivity index (χ4v) is 4.43. The van der Waals surface area contributed by atoms with Crippen LogP contribution in [-0.2, 0) is 27.8 Å². The van der Waals surface area contributed by atoms with Crippen LogP contribution < -0.4 is 15.5 Å². The second kappa shape index (κ2) is 11.4. The third kappa shape index (κ3) is 6.61. The Labute approximate surface area is 209 Å². The lowest BCUT2D eigenvalue weighted by Gasteiger charge is -2.28. The highest BCUT2D eigenvalue weighted by atomic mass is 32.2. The average molecular weight is 495 g/mol. The molecule has 4 rings (SSSR count). The maximum absolute atomic E-state index is 12.5. The zero-order valence-electron chi connectivity index (χ0n) is 20.2. The first-order valence-electron chi connectivity index (χ1n) is 11.5. The molecule has 2 heterocycles. The maximum atomic E-state index is 12.5. The summed E-state index contributed by atoms with van der Waals surface area (Å²) in [6.45, 7) is 7.24. The number of amides is 2. The number of aryl methyl sites for hydroxylation is 2. The summed E-state index contributed by atoms with van der Waals surface area (Å²) in [5.41, 5.74) is 4.91. The normalized spacial score (nSPS) is 13.5. The van der Waals surface area contributed by atoms with Crippen molar-refractivity contribution in [3.63, 3.8) is 0 Å². The summed E-state index contributed by atoms with van der Waals surface area (Å²) in [5.74, 6) is 0.420. The van der Waals surface area contributed by atoms with Gasteiger partial charge < -0.3 is 24.8 Å². The molecule has 0 spiro atoms. The van der Waals surface area contributed by atoms with Crippen LogP contribution in [0.25, 0.3) is 0 Å². The first kappa shape index (κ1) is 24.7. The van der Waals surface area contributed by atoms with E-state index >= 15 is 0 Å².